The number of para-hydroxylation sites is 1. The fraction of sp³-hybridized carbons (Fsp3) is 0.192. The summed E-state index contributed by atoms with van der Waals surface area (Å²) in [6.07, 6.45) is 0. The Kier molecular flexibility index (Phi) is 5.65. The van der Waals surface area contributed by atoms with Crippen LogP contribution in [0.2, 0.25) is 0 Å². The SMILES string of the molecule is Cc1ccc(C(C)NC(=O)C2=C(c3ccccc3)c3ccccc3N(C)S2(=O)=O)cc1C. The smallest absolute Gasteiger partial charge is 0.270 e. The van der Waals surface area contributed by atoms with E-state index in [2.05, 4.69) is 5.32 Å². The Labute approximate surface area is 189 Å². The molecule has 3 aromatic carbocycles. The van der Waals surface area contributed by atoms with Gasteiger partial charge in [0.1, 0.15) is 0 Å². The maximum atomic E-state index is 13.5. The highest BCUT2D eigenvalue weighted by Crippen LogP contribution is 2.42. The lowest BCUT2D eigenvalue weighted by molar-refractivity contribution is -0.117. The third kappa shape index (κ3) is 3.71. The summed E-state index contributed by atoms with van der Waals surface area (Å²) in [5, 5.41) is 2.92. The highest BCUT2D eigenvalue weighted by molar-refractivity contribution is 7.97. The van der Waals surface area contributed by atoms with Crippen molar-refractivity contribution in [3.8, 4) is 0 Å². The number of rotatable bonds is 4. The molecular weight excluding hydrogens is 420 g/mol. The molecule has 5 nitrogen and oxygen atoms in total. The summed E-state index contributed by atoms with van der Waals surface area (Å²) in [7, 11) is -2.57. The minimum Gasteiger partial charge on any atom is -0.345 e. The largest absolute Gasteiger partial charge is 0.345 e. The highest BCUT2D eigenvalue weighted by atomic mass is 32.2. The van der Waals surface area contributed by atoms with Gasteiger partial charge >= 0.3 is 0 Å². The maximum Gasteiger partial charge on any atom is 0.270 e. The van der Waals surface area contributed by atoms with E-state index >= 15 is 0 Å². The fourth-order valence-electron chi connectivity index (χ4n) is 3.98. The number of aryl methyl sites for hydroxylation is 2. The van der Waals surface area contributed by atoms with Gasteiger partial charge in [-0.05, 0) is 49.1 Å². The van der Waals surface area contributed by atoms with Gasteiger partial charge in [0.2, 0.25) is 0 Å². The van der Waals surface area contributed by atoms with Crippen molar-refractivity contribution in [3.05, 3.63) is 106 Å². The van der Waals surface area contributed by atoms with Crippen LogP contribution in [0.1, 0.15) is 40.8 Å². The van der Waals surface area contributed by atoms with Crippen LogP contribution in [0.3, 0.4) is 0 Å². The predicted molar refractivity (Wildman–Crippen MR) is 129 cm³/mol. The van der Waals surface area contributed by atoms with Crippen molar-refractivity contribution in [1.82, 2.24) is 5.32 Å². The number of carbonyl (C=O) groups excluding carboxylic acids is 1. The van der Waals surface area contributed by atoms with Crippen LogP contribution in [0.15, 0.2) is 77.7 Å². The first-order valence-electron chi connectivity index (χ1n) is 10.5. The molecule has 0 aliphatic carbocycles. The molecule has 0 bridgehead atoms. The van der Waals surface area contributed by atoms with Crippen LogP contribution >= 0.6 is 0 Å². The lowest BCUT2D eigenvalue weighted by Crippen LogP contribution is -2.40. The summed E-state index contributed by atoms with van der Waals surface area (Å²) in [5.41, 5.74) is 5.56. The van der Waals surface area contributed by atoms with Crippen molar-refractivity contribution in [2.24, 2.45) is 0 Å². The van der Waals surface area contributed by atoms with Gasteiger partial charge in [0.25, 0.3) is 15.9 Å². The maximum absolute atomic E-state index is 13.5. The van der Waals surface area contributed by atoms with E-state index in [1.807, 2.05) is 81.4 Å². The van der Waals surface area contributed by atoms with Gasteiger partial charge in [0.15, 0.2) is 4.91 Å². The number of carbonyl (C=O) groups is 1. The zero-order chi connectivity index (χ0) is 23.0. The topological polar surface area (TPSA) is 66.5 Å². The van der Waals surface area contributed by atoms with Crippen LogP contribution in [0, 0.1) is 13.8 Å². The van der Waals surface area contributed by atoms with Crippen molar-refractivity contribution >= 4 is 27.2 Å². The first-order valence-corrected chi connectivity index (χ1v) is 11.9. The van der Waals surface area contributed by atoms with Crippen LogP contribution in [-0.2, 0) is 14.8 Å². The summed E-state index contributed by atoms with van der Waals surface area (Å²) in [5.74, 6) is -0.615. The summed E-state index contributed by atoms with van der Waals surface area (Å²) >= 11 is 0. The molecule has 1 N–H and O–H groups in total. The number of nitrogens with zero attached hydrogens (tertiary/aromatic N) is 1. The number of fused-ring (bicyclic) bond motifs is 1. The van der Waals surface area contributed by atoms with E-state index in [4.69, 9.17) is 0 Å². The second-order valence-corrected chi connectivity index (χ2v) is 10.0. The number of amides is 1. The van der Waals surface area contributed by atoms with Gasteiger partial charge in [-0.15, -0.1) is 0 Å². The fourth-order valence-corrected chi connectivity index (χ4v) is 5.45. The number of benzene rings is 3. The zero-order valence-electron chi connectivity index (χ0n) is 18.6. The molecule has 4 rings (SSSR count). The second kappa shape index (κ2) is 8.28. The lowest BCUT2D eigenvalue weighted by atomic mass is 9.95. The van der Waals surface area contributed by atoms with Crippen LogP contribution in [0.5, 0.6) is 0 Å². The molecule has 0 fully saturated rings. The molecule has 1 unspecified atom stereocenters. The summed E-state index contributed by atoms with van der Waals surface area (Å²) in [4.78, 5) is 13.3. The van der Waals surface area contributed by atoms with Crippen molar-refractivity contribution in [2.75, 3.05) is 11.4 Å². The van der Waals surface area contributed by atoms with E-state index in [1.165, 1.54) is 11.4 Å². The highest BCUT2D eigenvalue weighted by Gasteiger charge is 2.39. The zero-order valence-corrected chi connectivity index (χ0v) is 19.4. The third-order valence-corrected chi connectivity index (χ3v) is 7.83. The third-order valence-electron chi connectivity index (χ3n) is 6.01. The number of hydrogen-bond acceptors (Lipinski definition) is 3. The normalized spacial score (nSPS) is 15.8. The Morgan fingerprint density at radius 2 is 1.56 bits per heavy atom. The van der Waals surface area contributed by atoms with Crippen molar-refractivity contribution < 1.29 is 13.2 Å². The van der Waals surface area contributed by atoms with E-state index in [-0.39, 0.29) is 10.9 Å². The Morgan fingerprint density at radius 3 is 2.25 bits per heavy atom. The van der Waals surface area contributed by atoms with Crippen LogP contribution < -0.4 is 9.62 Å². The molecule has 0 saturated carbocycles. The van der Waals surface area contributed by atoms with Gasteiger partial charge in [-0.25, -0.2) is 8.42 Å². The molecule has 3 aromatic rings. The standard InChI is InChI=1S/C26H26N2O3S/c1-17-14-15-21(16-18(17)2)19(3)27-26(29)25-24(20-10-6-5-7-11-20)22-12-8-9-13-23(22)28(4)32(25,30)31/h5-16,19H,1-4H3,(H,27,29). The van der Waals surface area contributed by atoms with Crippen LogP contribution in [-0.4, -0.2) is 21.4 Å². The van der Waals surface area contributed by atoms with E-state index in [0.717, 1.165) is 16.7 Å². The molecule has 164 valence electrons. The second-order valence-electron chi connectivity index (χ2n) is 8.10. The van der Waals surface area contributed by atoms with E-state index < -0.39 is 15.9 Å². The Bertz CT molecular complexity index is 1330. The van der Waals surface area contributed by atoms with Crippen molar-refractivity contribution in [3.63, 3.8) is 0 Å². The van der Waals surface area contributed by atoms with Crippen molar-refractivity contribution in [2.45, 2.75) is 26.8 Å². The molecule has 0 spiro atoms. The number of sulfonamides is 1. The van der Waals surface area contributed by atoms with Gasteiger partial charge in [0.05, 0.1) is 11.7 Å². The van der Waals surface area contributed by atoms with E-state index in [0.29, 0.717) is 22.4 Å². The average Bonchev–Trinajstić information content (AvgIpc) is 2.78. The van der Waals surface area contributed by atoms with Gasteiger partial charge in [-0.1, -0.05) is 66.7 Å². The molecule has 1 amide bonds. The number of hydrogen-bond donors (Lipinski definition) is 1. The Hall–Kier alpha value is -3.38. The molecule has 1 aliphatic heterocycles. The van der Waals surface area contributed by atoms with Crippen molar-refractivity contribution in [1.29, 1.82) is 0 Å². The van der Waals surface area contributed by atoms with E-state index in [1.54, 1.807) is 12.1 Å². The summed E-state index contributed by atoms with van der Waals surface area (Å²) in [6, 6.07) is 22.0. The van der Waals surface area contributed by atoms with E-state index in [9.17, 15) is 13.2 Å². The van der Waals surface area contributed by atoms with Gasteiger partial charge in [0, 0.05) is 18.2 Å². The van der Waals surface area contributed by atoms with Crippen LogP contribution in [0.4, 0.5) is 5.69 Å². The lowest BCUT2D eigenvalue weighted by Gasteiger charge is -2.31. The first-order chi connectivity index (χ1) is 15.2. The minimum atomic E-state index is -4.05. The number of nitrogens with one attached hydrogen (secondary N) is 1. The number of anilines is 1. The first kappa shape index (κ1) is 21.8. The monoisotopic (exact) mass is 446 g/mol. The molecule has 0 radical (unpaired) electrons. The molecule has 1 heterocycles. The Balaban J connectivity index is 1.86. The van der Waals surface area contributed by atoms with Gasteiger partial charge < -0.3 is 5.32 Å². The summed E-state index contributed by atoms with van der Waals surface area (Å²) < 4.78 is 28.2. The molecule has 0 aromatic heterocycles. The minimum absolute atomic E-state index is 0.236. The predicted octanol–water partition coefficient (Wildman–Crippen LogP) is 4.72. The van der Waals surface area contributed by atoms with Gasteiger partial charge in [-0.3, -0.25) is 9.10 Å². The molecule has 1 aliphatic rings. The van der Waals surface area contributed by atoms with Crippen LogP contribution in [0.25, 0.3) is 5.57 Å². The summed E-state index contributed by atoms with van der Waals surface area (Å²) in [6.45, 7) is 5.90. The average molecular weight is 447 g/mol. The Morgan fingerprint density at radius 1 is 0.906 bits per heavy atom. The van der Waals surface area contributed by atoms with Gasteiger partial charge in [-0.2, -0.15) is 0 Å². The molecule has 32 heavy (non-hydrogen) atoms. The molecule has 6 heteroatoms. The molecule has 1 atom stereocenters. The molecular formula is C26H26N2O3S. The quantitative estimate of drug-likeness (QED) is 0.631. The molecule has 0 saturated heterocycles.